The van der Waals surface area contributed by atoms with Crippen LogP contribution in [0.4, 0.5) is 4.79 Å². The molecule has 19 heavy (non-hydrogen) atoms. The van der Waals surface area contributed by atoms with E-state index in [0.717, 1.165) is 19.3 Å². The molecule has 0 aromatic heterocycles. The molecule has 0 spiro atoms. The lowest BCUT2D eigenvalue weighted by Crippen LogP contribution is -2.52. The minimum Gasteiger partial charge on any atom is -0.480 e. The summed E-state index contributed by atoms with van der Waals surface area (Å²) in [4.78, 5) is 25.1. The van der Waals surface area contributed by atoms with Crippen molar-refractivity contribution < 1.29 is 14.7 Å². The second kappa shape index (κ2) is 8.77. The summed E-state index contributed by atoms with van der Waals surface area (Å²) in [5, 5.41) is 11.7. The zero-order valence-corrected chi connectivity index (χ0v) is 12.8. The molecule has 2 atom stereocenters. The van der Waals surface area contributed by atoms with Crippen molar-refractivity contribution in [3.8, 4) is 0 Å². The van der Waals surface area contributed by atoms with Crippen molar-refractivity contribution in [2.24, 2.45) is 5.92 Å². The van der Waals surface area contributed by atoms with Crippen molar-refractivity contribution in [2.45, 2.75) is 66.0 Å². The van der Waals surface area contributed by atoms with Crippen molar-refractivity contribution in [1.82, 2.24) is 10.2 Å². The Morgan fingerprint density at radius 1 is 1.21 bits per heavy atom. The number of carbonyl (C=O) groups is 2. The van der Waals surface area contributed by atoms with Crippen molar-refractivity contribution >= 4 is 12.0 Å². The number of carbonyl (C=O) groups excluding carboxylic acids is 1. The van der Waals surface area contributed by atoms with E-state index >= 15 is 0 Å². The Balaban J connectivity index is 4.74. The SMILES string of the molecule is CCCCN(C(=O)N[C@@H](C(=O)O)C(C)C)C(C)CC. The Morgan fingerprint density at radius 2 is 1.79 bits per heavy atom. The third-order valence-corrected chi connectivity index (χ3v) is 3.35. The largest absolute Gasteiger partial charge is 0.480 e. The minimum atomic E-state index is -0.983. The monoisotopic (exact) mass is 272 g/mol. The molecule has 0 aliphatic carbocycles. The third-order valence-electron chi connectivity index (χ3n) is 3.35. The highest BCUT2D eigenvalue weighted by molar-refractivity contribution is 5.82. The van der Waals surface area contributed by atoms with E-state index in [2.05, 4.69) is 12.2 Å². The molecule has 112 valence electrons. The maximum absolute atomic E-state index is 12.2. The molecule has 0 saturated heterocycles. The summed E-state index contributed by atoms with van der Waals surface area (Å²) >= 11 is 0. The lowest BCUT2D eigenvalue weighted by molar-refractivity contribution is -0.140. The molecule has 0 rings (SSSR count). The minimum absolute atomic E-state index is 0.119. The van der Waals surface area contributed by atoms with Gasteiger partial charge in [0.2, 0.25) is 0 Å². The summed E-state index contributed by atoms with van der Waals surface area (Å²) in [7, 11) is 0. The van der Waals surface area contributed by atoms with E-state index in [9.17, 15) is 9.59 Å². The number of carboxylic acids is 1. The summed E-state index contributed by atoms with van der Waals surface area (Å²) in [5.74, 6) is -1.12. The van der Waals surface area contributed by atoms with Crippen LogP contribution in [0.5, 0.6) is 0 Å². The van der Waals surface area contributed by atoms with Crippen molar-refractivity contribution in [3.63, 3.8) is 0 Å². The maximum Gasteiger partial charge on any atom is 0.326 e. The second-order valence-electron chi connectivity index (χ2n) is 5.31. The topological polar surface area (TPSA) is 69.6 Å². The van der Waals surface area contributed by atoms with Crippen LogP contribution in [0.25, 0.3) is 0 Å². The number of unbranched alkanes of at least 4 members (excludes halogenated alkanes) is 1. The molecule has 5 nitrogen and oxygen atoms in total. The van der Waals surface area contributed by atoms with E-state index in [4.69, 9.17) is 5.11 Å². The normalized spacial score (nSPS) is 14.0. The van der Waals surface area contributed by atoms with Gasteiger partial charge in [0.25, 0.3) is 0 Å². The average molecular weight is 272 g/mol. The Hall–Kier alpha value is -1.26. The van der Waals surface area contributed by atoms with Crippen LogP contribution in [0.3, 0.4) is 0 Å². The zero-order valence-electron chi connectivity index (χ0n) is 12.8. The van der Waals surface area contributed by atoms with Crippen molar-refractivity contribution in [2.75, 3.05) is 6.54 Å². The lowest BCUT2D eigenvalue weighted by atomic mass is 10.1. The Morgan fingerprint density at radius 3 is 2.16 bits per heavy atom. The van der Waals surface area contributed by atoms with E-state index in [1.54, 1.807) is 18.7 Å². The fourth-order valence-corrected chi connectivity index (χ4v) is 1.80. The number of hydrogen-bond donors (Lipinski definition) is 2. The average Bonchev–Trinajstić information content (AvgIpc) is 2.35. The van der Waals surface area contributed by atoms with Gasteiger partial charge in [-0.25, -0.2) is 9.59 Å². The molecular weight excluding hydrogens is 244 g/mol. The van der Waals surface area contributed by atoms with Gasteiger partial charge in [0, 0.05) is 12.6 Å². The fourth-order valence-electron chi connectivity index (χ4n) is 1.80. The molecule has 0 aliphatic rings. The summed E-state index contributed by atoms with van der Waals surface area (Å²) in [5.41, 5.74) is 0. The van der Waals surface area contributed by atoms with E-state index in [1.807, 2.05) is 13.8 Å². The number of carboxylic acid groups (broad SMARTS) is 1. The molecular formula is C14H28N2O3. The number of urea groups is 1. The summed E-state index contributed by atoms with van der Waals surface area (Å²) in [6.45, 7) is 10.3. The van der Waals surface area contributed by atoms with Crippen LogP contribution in [0.2, 0.25) is 0 Å². The summed E-state index contributed by atoms with van der Waals surface area (Å²) < 4.78 is 0. The molecule has 0 radical (unpaired) electrons. The van der Waals surface area contributed by atoms with Gasteiger partial charge in [-0.1, -0.05) is 34.1 Å². The quantitative estimate of drug-likeness (QED) is 0.713. The summed E-state index contributed by atoms with van der Waals surface area (Å²) in [6.07, 6.45) is 2.79. The first-order chi connectivity index (χ1) is 8.84. The van der Waals surface area contributed by atoms with Gasteiger partial charge in [-0.2, -0.15) is 0 Å². The van der Waals surface area contributed by atoms with Gasteiger partial charge < -0.3 is 15.3 Å². The number of rotatable bonds is 8. The molecule has 0 aliphatic heterocycles. The van der Waals surface area contributed by atoms with Gasteiger partial charge in [-0.05, 0) is 25.7 Å². The lowest BCUT2D eigenvalue weighted by Gasteiger charge is -2.30. The number of nitrogens with one attached hydrogen (secondary N) is 1. The van der Waals surface area contributed by atoms with Crippen molar-refractivity contribution in [1.29, 1.82) is 0 Å². The van der Waals surface area contributed by atoms with E-state index in [0.29, 0.717) is 6.54 Å². The van der Waals surface area contributed by atoms with Crippen LogP contribution in [0.1, 0.15) is 53.9 Å². The van der Waals surface area contributed by atoms with Crippen LogP contribution in [-0.2, 0) is 4.79 Å². The third kappa shape index (κ3) is 5.94. The molecule has 2 N–H and O–H groups in total. The second-order valence-corrected chi connectivity index (χ2v) is 5.31. The highest BCUT2D eigenvalue weighted by atomic mass is 16.4. The molecule has 0 fully saturated rings. The van der Waals surface area contributed by atoms with Gasteiger partial charge in [-0.15, -0.1) is 0 Å². The number of aliphatic carboxylic acids is 1. The molecule has 0 aromatic rings. The zero-order chi connectivity index (χ0) is 15.0. The van der Waals surface area contributed by atoms with Gasteiger partial charge in [0.1, 0.15) is 6.04 Å². The summed E-state index contributed by atoms with van der Waals surface area (Å²) in [6, 6.07) is -0.988. The van der Waals surface area contributed by atoms with E-state index in [1.165, 1.54) is 0 Å². The van der Waals surface area contributed by atoms with Crippen LogP contribution in [-0.4, -0.2) is 40.6 Å². The maximum atomic E-state index is 12.2. The highest BCUT2D eigenvalue weighted by Gasteiger charge is 2.27. The molecule has 0 bridgehead atoms. The fraction of sp³-hybridized carbons (Fsp3) is 0.857. The van der Waals surface area contributed by atoms with Crippen molar-refractivity contribution in [3.05, 3.63) is 0 Å². The van der Waals surface area contributed by atoms with Crippen LogP contribution < -0.4 is 5.32 Å². The molecule has 5 heteroatoms. The van der Waals surface area contributed by atoms with Gasteiger partial charge in [-0.3, -0.25) is 0 Å². The van der Waals surface area contributed by atoms with Gasteiger partial charge in [0.05, 0.1) is 0 Å². The first kappa shape index (κ1) is 17.7. The molecule has 0 saturated carbocycles. The Kier molecular flexibility index (Phi) is 8.19. The molecule has 2 amide bonds. The molecule has 0 heterocycles. The van der Waals surface area contributed by atoms with E-state index in [-0.39, 0.29) is 18.0 Å². The van der Waals surface area contributed by atoms with Crippen LogP contribution >= 0.6 is 0 Å². The number of hydrogen-bond acceptors (Lipinski definition) is 2. The molecule has 1 unspecified atom stereocenters. The first-order valence-corrected chi connectivity index (χ1v) is 7.15. The smallest absolute Gasteiger partial charge is 0.326 e. The molecule has 0 aromatic carbocycles. The predicted molar refractivity (Wildman–Crippen MR) is 76.2 cm³/mol. The Labute approximate surface area is 116 Å². The van der Waals surface area contributed by atoms with Gasteiger partial charge >= 0.3 is 12.0 Å². The first-order valence-electron chi connectivity index (χ1n) is 7.15. The van der Waals surface area contributed by atoms with Gasteiger partial charge in [0.15, 0.2) is 0 Å². The predicted octanol–water partition coefficient (Wildman–Crippen LogP) is 2.71. The van der Waals surface area contributed by atoms with E-state index < -0.39 is 12.0 Å². The van der Waals surface area contributed by atoms with Crippen LogP contribution in [0.15, 0.2) is 0 Å². The van der Waals surface area contributed by atoms with Crippen LogP contribution in [0, 0.1) is 5.92 Å². The highest BCUT2D eigenvalue weighted by Crippen LogP contribution is 2.09. The number of nitrogens with zero attached hydrogens (tertiary/aromatic N) is 1. The Bertz CT molecular complexity index is 292. The standard InChI is InChI=1S/C14H28N2O3/c1-6-8-9-16(11(5)7-2)14(19)15-12(10(3)4)13(17)18/h10-12H,6-9H2,1-5H3,(H,15,19)(H,17,18)/t11?,12-/m1/s1. The number of amides is 2.